The number of nitrogens with one attached hydrogen (secondary N) is 1. The highest BCUT2D eigenvalue weighted by Crippen LogP contribution is 2.28. The van der Waals surface area contributed by atoms with Crippen molar-refractivity contribution in [2.75, 3.05) is 34.4 Å². The Bertz CT molecular complexity index is 436. The minimum absolute atomic E-state index is 0.650. The molecule has 0 aromatic heterocycles. The van der Waals surface area contributed by atoms with Crippen LogP contribution in [0.25, 0.3) is 0 Å². The van der Waals surface area contributed by atoms with Crippen molar-refractivity contribution in [2.24, 2.45) is 5.92 Å². The van der Waals surface area contributed by atoms with Crippen LogP contribution in [0.5, 0.6) is 11.5 Å². The molecule has 1 saturated heterocycles. The number of piperidine rings is 1. The van der Waals surface area contributed by atoms with Gasteiger partial charge in [0.25, 0.3) is 0 Å². The van der Waals surface area contributed by atoms with E-state index < -0.39 is 0 Å². The van der Waals surface area contributed by atoms with Crippen LogP contribution < -0.4 is 14.8 Å². The summed E-state index contributed by atoms with van der Waals surface area (Å²) in [6.45, 7) is 5.58. The zero-order chi connectivity index (χ0) is 14.5. The van der Waals surface area contributed by atoms with Crippen molar-refractivity contribution < 1.29 is 9.47 Å². The van der Waals surface area contributed by atoms with Gasteiger partial charge in [-0.15, -0.1) is 0 Å². The van der Waals surface area contributed by atoms with Crippen molar-refractivity contribution in [1.82, 2.24) is 10.2 Å². The van der Waals surface area contributed by atoms with Crippen molar-refractivity contribution >= 4 is 0 Å². The van der Waals surface area contributed by atoms with Gasteiger partial charge in [0, 0.05) is 19.1 Å². The predicted octanol–water partition coefficient (Wildman–Crippen LogP) is 2.13. The van der Waals surface area contributed by atoms with E-state index in [0.29, 0.717) is 12.0 Å². The molecule has 1 aromatic rings. The molecule has 20 heavy (non-hydrogen) atoms. The van der Waals surface area contributed by atoms with Crippen molar-refractivity contribution in [1.29, 1.82) is 0 Å². The third kappa shape index (κ3) is 3.44. The molecule has 2 unspecified atom stereocenters. The molecule has 1 fully saturated rings. The molecular weight excluding hydrogens is 252 g/mol. The van der Waals surface area contributed by atoms with E-state index in [2.05, 4.69) is 36.3 Å². The molecule has 1 N–H and O–H groups in total. The van der Waals surface area contributed by atoms with Crippen molar-refractivity contribution in [2.45, 2.75) is 25.9 Å². The number of rotatable bonds is 5. The Morgan fingerprint density at radius 2 is 2.00 bits per heavy atom. The van der Waals surface area contributed by atoms with E-state index in [1.807, 2.05) is 6.07 Å². The lowest BCUT2D eigenvalue weighted by Crippen LogP contribution is -2.46. The van der Waals surface area contributed by atoms with Crippen LogP contribution in [0.3, 0.4) is 0 Å². The minimum Gasteiger partial charge on any atom is -0.493 e. The van der Waals surface area contributed by atoms with Gasteiger partial charge in [-0.25, -0.2) is 0 Å². The van der Waals surface area contributed by atoms with E-state index in [-0.39, 0.29) is 0 Å². The molecule has 0 radical (unpaired) electrons. The molecule has 0 aliphatic carbocycles. The lowest BCUT2D eigenvalue weighted by molar-refractivity contribution is 0.145. The summed E-state index contributed by atoms with van der Waals surface area (Å²) in [7, 11) is 5.41. The van der Waals surface area contributed by atoms with E-state index >= 15 is 0 Å². The molecule has 2 atom stereocenters. The Balaban J connectivity index is 2.00. The fourth-order valence-corrected chi connectivity index (χ4v) is 3.04. The largest absolute Gasteiger partial charge is 0.493 e. The van der Waals surface area contributed by atoms with Crippen LogP contribution in [0.1, 0.15) is 18.9 Å². The molecule has 4 nitrogen and oxygen atoms in total. The second-order valence-corrected chi connectivity index (χ2v) is 5.59. The quantitative estimate of drug-likeness (QED) is 0.894. The Morgan fingerprint density at radius 1 is 1.25 bits per heavy atom. The average Bonchev–Trinajstić information content (AvgIpc) is 2.47. The second-order valence-electron chi connectivity index (χ2n) is 5.59. The number of ether oxygens (including phenoxy) is 2. The van der Waals surface area contributed by atoms with E-state index in [1.165, 1.54) is 12.0 Å². The Labute approximate surface area is 122 Å². The van der Waals surface area contributed by atoms with Crippen LogP contribution in [0.4, 0.5) is 0 Å². The monoisotopic (exact) mass is 278 g/mol. The number of hydrogen-bond donors (Lipinski definition) is 1. The molecule has 1 aromatic carbocycles. The summed E-state index contributed by atoms with van der Waals surface area (Å²) in [4.78, 5) is 2.51. The predicted molar refractivity (Wildman–Crippen MR) is 81.5 cm³/mol. The highest BCUT2D eigenvalue weighted by atomic mass is 16.5. The molecule has 1 aliphatic rings. The second kappa shape index (κ2) is 6.95. The van der Waals surface area contributed by atoms with Gasteiger partial charge in [-0.05, 0) is 43.6 Å². The van der Waals surface area contributed by atoms with Gasteiger partial charge in [0.2, 0.25) is 0 Å². The summed E-state index contributed by atoms with van der Waals surface area (Å²) in [5.74, 6) is 2.29. The number of hydrogen-bond acceptors (Lipinski definition) is 4. The van der Waals surface area contributed by atoms with Crippen LogP contribution in [0.2, 0.25) is 0 Å². The van der Waals surface area contributed by atoms with Crippen LogP contribution >= 0.6 is 0 Å². The maximum atomic E-state index is 5.37. The third-order valence-electron chi connectivity index (χ3n) is 4.21. The summed E-state index contributed by atoms with van der Waals surface area (Å²) >= 11 is 0. The van der Waals surface area contributed by atoms with E-state index in [0.717, 1.165) is 31.1 Å². The van der Waals surface area contributed by atoms with Gasteiger partial charge in [0.05, 0.1) is 14.2 Å². The number of likely N-dealkylation sites (tertiary alicyclic amines) is 1. The summed E-state index contributed by atoms with van der Waals surface area (Å²) in [6.07, 6.45) is 1.21. The summed E-state index contributed by atoms with van der Waals surface area (Å²) in [6, 6.07) is 6.83. The first-order chi connectivity index (χ1) is 9.67. The Morgan fingerprint density at radius 3 is 2.60 bits per heavy atom. The average molecular weight is 278 g/mol. The Kier molecular flexibility index (Phi) is 5.26. The molecule has 2 rings (SSSR count). The smallest absolute Gasteiger partial charge is 0.161 e. The summed E-state index contributed by atoms with van der Waals surface area (Å²) in [5.41, 5.74) is 1.28. The third-order valence-corrected chi connectivity index (χ3v) is 4.21. The van der Waals surface area contributed by atoms with Crippen molar-refractivity contribution in [3.05, 3.63) is 23.8 Å². The zero-order valence-corrected chi connectivity index (χ0v) is 13.0. The molecule has 0 spiro atoms. The van der Waals surface area contributed by atoms with Crippen LogP contribution in [-0.2, 0) is 6.54 Å². The molecule has 4 heteroatoms. The molecule has 112 valence electrons. The first kappa shape index (κ1) is 15.1. The fourth-order valence-electron chi connectivity index (χ4n) is 3.04. The van der Waals surface area contributed by atoms with Gasteiger partial charge >= 0.3 is 0 Å². The number of methoxy groups -OCH3 is 2. The maximum Gasteiger partial charge on any atom is 0.161 e. The highest BCUT2D eigenvalue weighted by molar-refractivity contribution is 5.42. The van der Waals surface area contributed by atoms with E-state index in [1.54, 1.807) is 14.2 Å². The Hall–Kier alpha value is -1.26. The van der Waals surface area contributed by atoms with Crippen molar-refractivity contribution in [3.63, 3.8) is 0 Å². The standard InChI is InChI=1S/C16H26N2O2/c1-12-10-18(8-7-14(12)17-2)11-13-5-6-15(19-3)16(9-13)20-4/h5-6,9,12,14,17H,7-8,10-11H2,1-4H3. The van der Waals surface area contributed by atoms with Gasteiger partial charge in [0.1, 0.15) is 0 Å². The lowest BCUT2D eigenvalue weighted by Gasteiger charge is -2.36. The van der Waals surface area contributed by atoms with Gasteiger partial charge in [-0.2, -0.15) is 0 Å². The molecule has 0 amide bonds. The fraction of sp³-hybridized carbons (Fsp3) is 0.625. The van der Waals surface area contributed by atoms with Gasteiger partial charge in [-0.3, -0.25) is 4.90 Å². The SMILES string of the molecule is CNC1CCN(Cc2ccc(OC)c(OC)c2)CC1C. The number of nitrogens with zero attached hydrogens (tertiary/aromatic N) is 1. The van der Waals surface area contributed by atoms with Gasteiger partial charge < -0.3 is 14.8 Å². The highest BCUT2D eigenvalue weighted by Gasteiger charge is 2.24. The van der Waals surface area contributed by atoms with Crippen LogP contribution in [-0.4, -0.2) is 45.3 Å². The first-order valence-electron chi connectivity index (χ1n) is 7.28. The van der Waals surface area contributed by atoms with Crippen LogP contribution in [0, 0.1) is 5.92 Å². The molecule has 0 saturated carbocycles. The number of benzene rings is 1. The minimum atomic E-state index is 0.650. The summed E-state index contributed by atoms with van der Waals surface area (Å²) < 4.78 is 10.6. The van der Waals surface area contributed by atoms with Gasteiger partial charge in [0.15, 0.2) is 11.5 Å². The van der Waals surface area contributed by atoms with Gasteiger partial charge in [-0.1, -0.05) is 13.0 Å². The molecule has 1 heterocycles. The summed E-state index contributed by atoms with van der Waals surface area (Å²) in [5, 5.41) is 3.41. The lowest BCUT2D eigenvalue weighted by atomic mass is 9.94. The van der Waals surface area contributed by atoms with E-state index in [9.17, 15) is 0 Å². The van der Waals surface area contributed by atoms with Crippen LogP contribution in [0.15, 0.2) is 18.2 Å². The van der Waals surface area contributed by atoms with E-state index in [4.69, 9.17) is 9.47 Å². The topological polar surface area (TPSA) is 33.7 Å². The normalized spacial score (nSPS) is 23.6. The molecule has 0 bridgehead atoms. The zero-order valence-electron chi connectivity index (χ0n) is 13.0. The molecular formula is C16H26N2O2. The molecule has 1 aliphatic heterocycles. The maximum absolute atomic E-state index is 5.37. The first-order valence-corrected chi connectivity index (χ1v) is 7.28. The van der Waals surface area contributed by atoms with Crippen molar-refractivity contribution in [3.8, 4) is 11.5 Å².